The van der Waals surface area contributed by atoms with Crippen molar-refractivity contribution >= 4 is 23.3 Å². The topological polar surface area (TPSA) is 36.8 Å². The van der Waals surface area contributed by atoms with E-state index < -0.39 is 0 Å². The maximum Gasteiger partial charge on any atom is 0.155 e. The van der Waals surface area contributed by atoms with Gasteiger partial charge in [-0.05, 0) is 50.9 Å². The van der Waals surface area contributed by atoms with Gasteiger partial charge in [0.2, 0.25) is 0 Å². The van der Waals surface area contributed by atoms with E-state index in [2.05, 4.69) is 126 Å². The van der Waals surface area contributed by atoms with Gasteiger partial charge in [-0.2, -0.15) is 0 Å². The Morgan fingerprint density at radius 3 is 1.85 bits per heavy atom. The normalized spacial score (nSPS) is 12.2. The summed E-state index contributed by atoms with van der Waals surface area (Å²) >= 11 is 0. The highest BCUT2D eigenvalue weighted by atomic mass is 15.1. The summed E-state index contributed by atoms with van der Waals surface area (Å²) in [7, 11) is 0. The van der Waals surface area contributed by atoms with E-state index in [-0.39, 0.29) is 6.17 Å². The number of benzene rings is 6. The number of fused-ring (bicyclic) bond motifs is 1. The highest BCUT2D eigenvalue weighted by Gasteiger charge is 2.17. The minimum absolute atomic E-state index is 0.324. The highest BCUT2D eigenvalue weighted by molar-refractivity contribution is 6.02. The number of hydrogen-bond acceptors (Lipinski definition) is 2. The van der Waals surface area contributed by atoms with Crippen LogP contribution < -0.4 is 5.32 Å². The molecule has 0 aliphatic heterocycles. The van der Waals surface area contributed by atoms with Crippen LogP contribution in [0.25, 0.3) is 33.0 Å². The molecule has 0 aliphatic carbocycles. The van der Waals surface area contributed by atoms with Crippen LogP contribution >= 0.6 is 0 Å². The SMILES string of the molecule is C=N/C(=N\C(NCc1ccccc1)c1cccc2c(-c3ccc(-c4ccccc4)cc3)cccc12)c1ccccc1. The van der Waals surface area contributed by atoms with Crippen LogP contribution in [-0.4, -0.2) is 12.6 Å². The van der Waals surface area contributed by atoms with Gasteiger partial charge in [0.05, 0.1) is 0 Å². The summed E-state index contributed by atoms with van der Waals surface area (Å²) < 4.78 is 0. The maximum absolute atomic E-state index is 5.12. The van der Waals surface area contributed by atoms with Crippen molar-refractivity contribution in [3.8, 4) is 22.3 Å². The van der Waals surface area contributed by atoms with Crippen molar-refractivity contribution in [3.63, 3.8) is 0 Å². The average Bonchev–Trinajstić information content (AvgIpc) is 3.06. The third-order valence-electron chi connectivity index (χ3n) is 7.33. The molecule has 0 aliphatic rings. The fourth-order valence-electron chi connectivity index (χ4n) is 5.25. The van der Waals surface area contributed by atoms with Gasteiger partial charge in [-0.3, -0.25) is 5.32 Å². The zero-order chi connectivity index (χ0) is 27.9. The Bertz CT molecular complexity index is 1780. The highest BCUT2D eigenvalue weighted by Crippen LogP contribution is 2.34. The average molecular weight is 530 g/mol. The zero-order valence-corrected chi connectivity index (χ0v) is 22.8. The fraction of sp³-hybridized carbons (Fsp3) is 0.0526. The van der Waals surface area contributed by atoms with Gasteiger partial charge in [0, 0.05) is 12.1 Å². The lowest BCUT2D eigenvalue weighted by Gasteiger charge is -2.20. The van der Waals surface area contributed by atoms with Gasteiger partial charge in [0.1, 0.15) is 6.17 Å². The first-order chi connectivity index (χ1) is 20.3. The molecule has 6 rings (SSSR count). The lowest BCUT2D eigenvalue weighted by Crippen LogP contribution is -2.21. The van der Waals surface area contributed by atoms with Crippen LogP contribution in [0.1, 0.15) is 22.9 Å². The standard InChI is InChI=1S/C38H31N3/c1-39-37(32-17-9-4-10-18-32)41-38(40-27-28-13-5-2-6-14-28)36-22-12-20-34-33(19-11-21-35(34)36)31-25-23-30(24-26-31)29-15-7-3-8-16-29/h2-26,38,40H,1,27H2/b41-37-. The smallest absolute Gasteiger partial charge is 0.155 e. The Labute approximate surface area is 241 Å². The maximum atomic E-state index is 5.12. The summed E-state index contributed by atoms with van der Waals surface area (Å²) in [6.07, 6.45) is -0.324. The Kier molecular flexibility index (Phi) is 7.88. The van der Waals surface area contributed by atoms with Crippen LogP contribution in [0.2, 0.25) is 0 Å². The minimum atomic E-state index is -0.324. The minimum Gasteiger partial charge on any atom is -0.288 e. The summed E-state index contributed by atoms with van der Waals surface area (Å²) in [5.74, 6) is 0.612. The molecule has 3 nitrogen and oxygen atoms in total. The Balaban J connectivity index is 1.42. The van der Waals surface area contributed by atoms with E-state index in [1.165, 1.54) is 33.2 Å². The van der Waals surface area contributed by atoms with E-state index in [0.29, 0.717) is 12.4 Å². The first-order valence-corrected chi connectivity index (χ1v) is 13.8. The van der Waals surface area contributed by atoms with Crippen molar-refractivity contribution in [2.24, 2.45) is 9.98 Å². The quantitative estimate of drug-likeness (QED) is 0.155. The molecule has 0 saturated carbocycles. The predicted octanol–water partition coefficient (Wildman–Crippen LogP) is 9.11. The summed E-state index contributed by atoms with van der Waals surface area (Å²) in [6.45, 7) is 4.51. The monoisotopic (exact) mass is 529 g/mol. The second kappa shape index (κ2) is 12.4. The number of nitrogens with zero attached hydrogens (tertiary/aromatic N) is 2. The molecule has 0 spiro atoms. The van der Waals surface area contributed by atoms with Crippen molar-refractivity contribution in [2.45, 2.75) is 12.7 Å². The third-order valence-corrected chi connectivity index (χ3v) is 7.33. The molecular weight excluding hydrogens is 498 g/mol. The van der Waals surface area contributed by atoms with Crippen molar-refractivity contribution in [2.75, 3.05) is 0 Å². The molecule has 0 fully saturated rings. The van der Waals surface area contributed by atoms with Gasteiger partial charge in [-0.25, -0.2) is 9.98 Å². The van der Waals surface area contributed by atoms with Gasteiger partial charge in [0.25, 0.3) is 0 Å². The second-order valence-electron chi connectivity index (χ2n) is 9.94. The van der Waals surface area contributed by atoms with E-state index in [9.17, 15) is 0 Å². The van der Waals surface area contributed by atoms with E-state index >= 15 is 0 Å². The molecule has 6 aromatic carbocycles. The van der Waals surface area contributed by atoms with Crippen molar-refractivity contribution in [3.05, 3.63) is 168 Å². The summed E-state index contributed by atoms with van der Waals surface area (Å²) in [5, 5.41) is 6.03. The molecule has 3 heteroatoms. The molecule has 0 bridgehead atoms. The van der Waals surface area contributed by atoms with E-state index in [0.717, 1.165) is 16.5 Å². The number of hydrogen-bond donors (Lipinski definition) is 1. The Hall–Kier alpha value is -5.12. The molecule has 0 amide bonds. The Morgan fingerprint density at radius 1 is 0.561 bits per heavy atom. The number of aliphatic imine (C=N–C) groups is 2. The van der Waals surface area contributed by atoms with E-state index in [4.69, 9.17) is 4.99 Å². The number of nitrogens with one attached hydrogen (secondary N) is 1. The molecule has 1 atom stereocenters. The van der Waals surface area contributed by atoms with Crippen LogP contribution in [0.15, 0.2) is 162 Å². The van der Waals surface area contributed by atoms with Crippen LogP contribution in [0.5, 0.6) is 0 Å². The van der Waals surface area contributed by atoms with Crippen LogP contribution in [0, 0.1) is 0 Å². The van der Waals surface area contributed by atoms with Crippen LogP contribution in [-0.2, 0) is 6.54 Å². The van der Waals surface area contributed by atoms with E-state index in [1.807, 2.05) is 42.5 Å². The van der Waals surface area contributed by atoms with Gasteiger partial charge < -0.3 is 0 Å². The predicted molar refractivity (Wildman–Crippen MR) is 173 cm³/mol. The second-order valence-corrected chi connectivity index (χ2v) is 9.94. The van der Waals surface area contributed by atoms with Gasteiger partial charge >= 0.3 is 0 Å². The van der Waals surface area contributed by atoms with Gasteiger partial charge in [0.15, 0.2) is 5.84 Å². The first-order valence-electron chi connectivity index (χ1n) is 13.8. The number of amidine groups is 1. The van der Waals surface area contributed by atoms with Crippen molar-refractivity contribution < 1.29 is 0 Å². The lowest BCUT2D eigenvalue weighted by atomic mass is 9.93. The van der Waals surface area contributed by atoms with Crippen molar-refractivity contribution in [1.29, 1.82) is 0 Å². The van der Waals surface area contributed by atoms with E-state index in [1.54, 1.807) is 0 Å². The summed E-state index contributed by atoms with van der Waals surface area (Å²) in [6, 6.07) is 52.7. The largest absolute Gasteiger partial charge is 0.288 e. The number of rotatable bonds is 8. The van der Waals surface area contributed by atoms with Crippen molar-refractivity contribution in [1.82, 2.24) is 5.32 Å². The Morgan fingerprint density at radius 2 is 1.15 bits per heavy atom. The molecular formula is C38H31N3. The molecule has 1 N–H and O–H groups in total. The molecule has 0 saturated heterocycles. The van der Waals surface area contributed by atoms with Gasteiger partial charge in [-0.15, -0.1) is 0 Å². The molecule has 0 heterocycles. The molecule has 0 aromatic heterocycles. The third kappa shape index (κ3) is 5.91. The van der Waals surface area contributed by atoms with Crippen LogP contribution in [0.3, 0.4) is 0 Å². The molecule has 41 heavy (non-hydrogen) atoms. The fourth-order valence-corrected chi connectivity index (χ4v) is 5.25. The lowest BCUT2D eigenvalue weighted by molar-refractivity contribution is 0.558. The van der Waals surface area contributed by atoms with Crippen LogP contribution in [0.4, 0.5) is 0 Å². The molecule has 0 radical (unpaired) electrons. The first kappa shape index (κ1) is 26.1. The summed E-state index contributed by atoms with van der Waals surface area (Å²) in [4.78, 5) is 9.44. The zero-order valence-electron chi connectivity index (χ0n) is 22.8. The summed E-state index contributed by atoms with van der Waals surface area (Å²) in [5.41, 5.74) is 8.03. The molecule has 198 valence electrons. The molecule has 6 aromatic rings. The van der Waals surface area contributed by atoms with Gasteiger partial charge in [-0.1, -0.05) is 152 Å². The molecule has 1 unspecified atom stereocenters.